The van der Waals surface area contributed by atoms with Gasteiger partial charge in [-0.15, -0.1) is 0 Å². The second-order valence-electron chi connectivity index (χ2n) is 6.93. The second-order valence-corrected chi connectivity index (χ2v) is 6.93. The number of carbonyl (C=O) groups excluding carboxylic acids is 1. The maximum atomic E-state index is 15.0. The summed E-state index contributed by atoms with van der Waals surface area (Å²) in [7, 11) is 0. The maximum absolute atomic E-state index is 15.0. The Morgan fingerprint density at radius 1 is 1.19 bits per heavy atom. The van der Waals surface area contributed by atoms with E-state index in [0.717, 1.165) is 32.1 Å². The number of ether oxygens (including phenoxy) is 2. The zero-order chi connectivity index (χ0) is 20.6. The number of hydrogen-bond donors (Lipinski definition) is 5. The highest BCUT2D eigenvalue weighted by molar-refractivity contribution is 5.79. The molecular weight excluding hydrogens is 366 g/mol. The van der Waals surface area contributed by atoms with Crippen molar-refractivity contribution in [1.82, 2.24) is 0 Å². The van der Waals surface area contributed by atoms with E-state index in [1.807, 2.05) is 0 Å². The van der Waals surface area contributed by atoms with Crippen molar-refractivity contribution >= 4 is 5.97 Å². The lowest BCUT2D eigenvalue weighted by molar-refractivity contribution is -0.276. The molecule has 0 radical (unpaired) electrons. The molecule has 0 aromatic rings. The minimum Gasteiger partial charge on any atom is -0.461 e. The highest BCUT2D eigenvalue weighted by Gasteiger charge is 2.61. The van der Waals surface area contributed by atoms with Crippen LogP contribution in [0.25, 0.3) is 0 Å². The first-order valence-corrected chi connectivity index (χ1v) is 9.36. The van der Waals surface area contributed by atoms with Crippen molar-refractivity contribution in [1.29, 1.82) is 0 Å². The quantitative estimate of drug-likeness (QED) is 0.234. The Hall–Kier alpha value is -0.910. The van der Waals surface area contributed by atoms with Gasteiger partial charge in [0.15, 0.2) is 6.17 Å². The van der Waals surface area contributed by atoms with Crippen LogP contribution in [0.15, 0.2) is 0 Å². The van der Waals surface area contributed by atoms with Crippen LogP contribution in [0.1, 0.15) is 45.4 Å². The summed E-state index contributed by atoms with van der Waals surface area (Å²) < 4.78 is 38.9. The highest BCUT2D eigenvalue weighted by atomic mass is 19.2. The minimum absolute atomic E-state index is 0.111. The van der Waals surface area contributed by atoms with Crippen molar-refractivity contribution in [2.75, 3.05) is 13.2 Å². The van der Waals surface area contributed by atoms with E-state index in [2.05, 4.69) is 6.92 Å². The molecule has 0 saturated carbocycles. The van der Waals surface area contributed by atoms with E-state index in [1.54, 1.807) is 0 Å². The molecule has 7 N–H and O–H groups in total. The molecule has 1 aliphatic rings. The summed E-state index contributed by atoms with van der Waals surface area (Å²) in [5.74, 6) is -5.15. The number of halogens is 2. The molecular formula is C17H32F2N2O6. The number of hydrogen-bond acceptors (Lipinski definition) is 8. The topological polar surface area (TPSA) is 148 Å². The first kappa shape index (κ1) is 24.1. The lowest BCUT2D eigenvalue weighted by atomic mass is 9.87. The number of nitrogens with two attached hydrogens (primary N) is 2. The van der Waals surface area contributed by atoms with Gasteiger partial charge in [-0.3, -0.25) is 0 Å². The van der Waals surface area contributed by atoms with E-state index < -0.39 is 55.0 Å². The first-order valence-electron chi connectivity index (χ1n) is 9.36. The lowest BCUT2D eigenvalue weighted by Crippen LogP contribution is -2.72. The molecule has 0 aromatic heterocycles. The number of rotatable bonds is 11. The van der Waals surface area contributed by atoms with E-state index in [-0.39, 0.29) is 6.61 Å². The standard InChI is InChI=1S/C17H32F2N2O6/c1-2-3-4-5-6-7-8-26-16(25)17(19)15(18)12(21)11(20)14(27-17)13(24)10(23)9-22/h10-15,22-24H,2-9,20-21H2,1H3/t10-,11?,12?,13-,14?,15?,17?/m1/s1. The SMILES string of the molecule is CCCCCCCCOC(=O)C1(F)OC([C@H](O)[C@H](O)CO)C(N)C(N)C1F. The number of alkyl halides is 2. The Morgan fingerprint density at radius 2 is 1.78 bits per heavy atom. The normalized spacial score (nSPS) is 33.5. The van der Waals surface area contributed by atoms with Gasteiger partial charge in [-0.25, -0.2) is 9.18 Å². The molecule has 0 aliphatic carbocycles. The minimum atomic E-state index is -3.56. The fraction of sp³-hybridized carbons (Fsp3) is 0.941. The average Bonchev–Trinajstić information content (AvgIpc) is 2.67. The predicted octanol–water partition coefficient (Wildman–Crippen LogP) is -0.338. The zero-order valence-electron chi connectivity index (χ0n) is 15.6. The first-order chi connectivity index (χ1) is 12.7. The summed E-state index contributed by atoms with van der Waals surface area (Å²) in [6.07, 6.45) is -2.46. The van der Waals surface area contributed by atoms with E-state index in [4.69, 9.17) is 26.0 Å². The van der Waals surface area contributed by atoms with Gasteiger partial charge in [0.1, 0.15) is 18.3 Å². The molecule has 8 nitrogen and oxygen atoms in total. The van der Waals surface area contributed by atoms with Crippen LogP contribution < -0.4 is 11.5 Å². The highest BCUT2D eigenvalue weighted by Crippen LogP contribution is 2.35. The third kappa shape index (κ3) is 6.03. The van der Waals surface area contributed by atoms with Crippen molar-refractivity contribution in [3.05, 3.63) is 0 Å². The molecule has 1 fully saturated rings. The maximum Gasteiger partial charge on any atom is 0.375 e. The van der Waals surface area contributed by atoms with Crippen LogP contribution >= 0.6 is 0 Å². The van der Waals surface area contributed by atoms with Crippen LogP contribution in [0.2, 0.25) is 0 Å². The molecule has 0 aromatic carbocycles. The zero-order valence-corrected chi connectivity index (χ0v) is 15.6. The lowest BCUT2D eigenvalue weighted by Gasteiger charge is -2.44. The fourth-order valence-electron chi connectivity index (χ4n) is 2.93. The van der Waals surface area contributed by atoms with Crippen LogP contribution in [-0.2, 0) is 14.3 Å². The molecule has 0 amide bonds. The van der Waals surface area contributed by atoms with Gasteiger partial charge in [-0.1, -0.05) is 39.0 Å². The fourth-order valence-corrected chi connectivity index (χ4v) is 2.93. The molecule has 0 spiro atoms. The predicted molar refractivity (Wildman–Crippen MR) is 93.0 cm³/mol. The van der Waals surface area contributed by atoms with Gasteiger partial charge in [-0.2, -0.15) is 4.39 Å². The van der Waals surface area contributed by atoms with E-state index in [1.165, 1.54) is 0 Å². The monoisotopic (exact) mass is 398 g/mol. The van der Waals surface area contributed by atoms with E-state index in [9.17, 15) is 23.8 Å². The molecule has 1 rings (SSSR count). The number of aliphatic hydroxyl groups excluding tert-OH is 3. The Balaban J connectivity index is 2.68. The van der Waals surface area contributed by atoms with Gasteiger partial charge < -0.3 is 36.3 Å². The Bertz CT molecular complexity index is 457. The van der Waals surface area contributed by atoms with Gasteiger partial charge in [-0.05, 0) is 6.42 Å². The molecule has 5 unspecified atom stereocenters. The van der Waals surface area contributed by atoms with Gasteiger partial charge in [0.05, 0.1) is 25.3 Å². The summed E-state index contributed by atoms with van der Waals surface area (Å²) in [5, 5.41) is 28.3. The van der Waals surface area contributed by atoms with Crippen LogP contribution in [0.3, 0.4) is 0 Å². The summed E-state index contributed by atoms with van der Waals surface area (Å²) in [6, 6.07) is -3.10. The third-order valence-corrected chi connectivity index (χ3v) is 4.75. The van der Waals surface area contributed by atoms with Crippen LogP contribution in [-0.4, -0.2) is 76.9 Å². The van der Waals surface area contributed by atoms with Gasteiger partial charge in [0.2, 0.25) is 0 Å². The van der Waals surface area contributed by atoms with Crippen molar-refractivity contribution in [3.8, 4) is 0 Å². The van der Waals surface area contributed by atoms with Crippen molar-refractivity contribution in [3.63, 3.8) is 0 Å². The number of carbonyl (C=O) groups is 1. The van der Waals surface area contributed by atoms with Gasteiger partial charge in [0.25, 0.3) is 0 Å². The third-order valence-electron chi connectivity index (χ3n) is 4.75. The Labute approximate surface area is 157 Å². The van der Waals surface area contributed by atoms with Crippen LogP contribution in [0.5, 0.6) is 0 Å². The summed E-state index contributed by atoms with van der Waals surface area (Å²) in [5.41, 5.74) is 11.2. The summed E-state index contributed by atoms with van der Waals surface area (Å²) in [6.45, 7) is 1.10. The molecule has 160 valence electrons. The molecule has 1 saturated heterocycles. The Morgan fingerprint density at radius 3 is 2.37 bits per heavy atom. The molecule has 27 heavy (non-hydrogen) atoms. The van der Waals surface area contributed by atoms with E-state index in [0.29, 0.717) is 6.42 Å². The summed E-state index contributed by atoms with van der Waals surface area (Å²) >= 11 is 0. The van der Waals surface area contributed by atoms with Crippen LogP contribution in [0, 0.1) is 0 Å². The van der Waals surface area contributed by atoms with Gasteiger partial charge in [0, 0.05) is 0 Å². The Kier molecular flexibility index (Phi) is 9.99. The average molecular weight is 398 g/mol. The molecule has 10 heteroatoms. The number of aliphatic hydroxyl groups is 3. The largest absolute Gasteiger partial charge is 0.461 e. The smallest absolute Gasteiger partial charge is 0.375 e. The molecule has 0 bridgehead atoms. The van der Waals surface area contributed by atoms with Gasteiger partial charge >= 0.3 is 11.8 Å². The van der Waals surface area contributed by atoms with Crippen molar-refractivity contribution in [2.45, 2.75) is 87.9 Å². The summed E-state index contributed by atoms with van der Waals surface area (Å²) in [4.78, 5) is 12.1. The number of esters is 1. The van der Waals surface area contributed by atoms with Crippen molar-refractivity contribution < 1.29 is 38.4 Å². The number of unbranched alkanes of at least 4 members (excludes halogenated alkanes) is 5. The molecule has 1 aliphatic heterocycles. The second kappa shape index (κ2) is 11.2. The van der Waals surface area contributed by atoms with Crippen LogP contribution in [0.4, 0.5) is 8.78 Å². The molecule has 1 heterocycles. The van der Waals surface area contributed by atoms with Crippen molar-refractivity contribution in [2.24, 2.45) is 11.5 Å². The van der Waals surface area contributed by atoms with E-state index >= 15 is 0 Å². The molecule has 7 atom stereocenters.